The van der Waals surface area contributed by atoms with Crippen LogP contribution in [0, 0.1) is 20.8 Å². The third-order valence-corrected chi connectivity index (χ3v) is 7.32. The van der Waals surface area contributed by atoms with Crippen molar-refractivity contribution in [2.45, 2.75) is 51.9 Å². The van der Waals surface area contributed by atoms with Crippen LogP contribution in [0.3, 0.4) is 0 Å². The fourth-order valence-corrected chi connectivity index (χ4v) is 6.01. The summed E-state index contributed by atoms with van der Waals surface area (Å²) in [6.07, 6.45) is 0. The number of hydrogen-bond acceptors (Lipinski definition) is 4. The van der Waals surface area contributed by atoms with Gasteiger partial charge in [-0.1, -0.05) is 38.5 Å². The Bertz CT molecular complexity index is 1340. The molecule has 0 fully saturated rings. The van der Waals surface area contributed by atoms with Gasteiger partial charge in [-0.2, -0.15) is 5.10 Å². The van der Waals surface area contributed by atoms with Crippen molar-refractivity contribution >= 4 is 21.5 Å². The Balaban J connectivity index is 1.76. The van der Waals surface area contributed by atoms with Crippen molar-refractivity contribution in [1.82, 2.24) is 9.78 Å². The fraction of sp³-hybridized carbons (Fsp3) is 0.333. The highest BCUT2D eigenvalue weighted by atomic mass is 32.2. The molecule has 31 heavy (non-hydrogen) atoms. The number of nitrogens with one attached hydrogen (secondary N) is 1. The first-order valence-electron chi connectivity index (χ1n) is 10.2. The lowest BCUT2D eigenvalue weighted by Gasteiger charge is -2.16. The van der Waals surface area contributed by atoms with Gasteiger partial charge in [0.1, 0.15) is 0 Å². The maximum absolute atomic E-state index is 13.3. The van der Waals surface area contributed by atoms with Gasteiger partial charge in [-0.3, -0.25) is 14.2 Å². The highest BCUT2D eigenvalue weighted by Gasteiger charge is 2.37. The monoisotopic (exact) mass is 437 g/mol. The number of benzene rings is 2. The van der Waals surface area contributed by atoms with Crippen molar-refractivity contribution in [3.63, 3.8) is 0 Å². The van der Waals surface area contributed by atoms with E-state index in [1.807, 2.05) is 46.9 Å². The highest BCUT2D eigenvalue weighted by molar-refractivity contribution is 7.92. The van der Waals surface area contributed by atoms with Crippen molar-refractivity contribution in [3.8, 4) is 11.3 Å². The molecular weight excluding hydrogens is 410 g/mol. The van der Waals surface area contributed by atoms with Gasteiger partial charge in [-0.25, -0.2) is 8.42 Å². The summed E-state index contributed by atoms with van der Waals surface area (Å²) in [4.78, 5) is 13.5. The molecule has 0 atom stereocenters. The van der Waals surface area contributed by atoms with E-state index >= 15 is 0 Å². The lowest BCUT2D eigenvalue weighted by Crippen LogP contribution is -2.17. The molecule has 0 saturated heterocycles. The summed E-state index contributed by atoms with van der Waals surface area (Å²) in [7, 11) is -1.97. The van der Waals surface area contributed by atoms with E-state index in [0.717, 1.165) is 22.5 Å². The molecule has 0 spiro atoms. The largest absolute Gasteiger partial charge is 0.288 e. The minimum atomic E-state index is -3.80. The van der Waals surface area contributed by atoms with Crippen LogP contribution in [0.15, 0.2) is 35.2 Å². The molecule has 6 nitrogen and oxygen atoms in total. The van der Waals surface area contributed by atoms with Crippen LogP contribution in [0.2, 0.25) is 0 Å². The molecule has 0 unspecified atom stereocenters. The molecule has 0 saturated carbocycles. The summed E-state index contributed by atoms with van der Waals surface area (Å²) >= 11 is 0. The normalized spacial score (nSPS) is 13.3. The first kappa shape index (κ1) is 21.3. The van der Waals surface area contributed by atoms with Crippen LogP contribution in [-0.2, 0) is 22.5 Å². The Morgan fingerprint density at radius 1 is 0.968 bits per heavy atom. The molecule has 0 aliphatic heterocycles. The van der Waals surface area contributed by atoms with Gasteiger partial charge in [0.15, 0.2) is 5.78 Å². The second-order valence-corrected chi connectivity index (χ2v) is 11.0. The zero-order chi connectivity index (χ0) is 22.9. The first-order chi connectivity index (χ1) is 14.3. The maximum atomic E-state index is 13.3. The van der Waals surface area contributed by atoms with Gasteiger partial charge in [-0.05, 0) is 50.1 Å². The number of rotatable bonds is 3. The SMILES string of the molecule is Cc1cc(C)c(S(=O)(=O)Nc2ccc3c(c2)C(=O)c2c(C(C)(C)C)nn(C)c2-3)c(C)c1. The summed E-state index contributed by atoms with van der Waals surface area (Å²) in [5, 5.41) is 4.59. The molecule has 1 aliphatic rings. The van der Waals surface area contributed by atoms with Crippen molar-refractivity contribution in [3.05, 3.63) is 63.8 Å². The summed E-state index contributed by atoms with van der Waals surface area (Å²) in [6, 6.07) is 8.82. The van der Waals surface area contributed by atoms with Gasteiger partial charge in [0.2, 0.25) is 0 Å². The summed E-state index contributed by atoms with van der Waals surface area (Å²) in [5.41, 5.74) is 5.88. The lowest BCUT2D eigenvalue weighted by atomic mass is 9.88. The Kier molecular flexibility index (Phi) is 4.66. The molecule has 2 aromatic carbocycles. The van der Waals surface area contributed by atoms with Crippen LogP contribution in [0.4, 0.5) is 5.69 Å². The van der Waals surface area contributed by atoms with Crippen molar-refractivity contribution in [2.75, 3.05) is 4.72 Å². The molecular formula is C24H27N3O3S. The molecule has 162 valence electrons. The van der Waals surface area contributed by atoms with Crippen LogP contribution < -0.4 is 4.72 Å². The van der Waals surface area contributed by atoms with E-state index in [-0.39, 0.29) is 16.1 Å². The van der Waals surface area contributed by atoms with E-state index in [2.05, 4.69) is 9.82 Å². The van der Waals surface area contributed by atoms with Crippen LogP contribution in [-0.4, -0.2) is 24.0 Å². The second kappa shape index (κ2) is 6.79. The number of carbonyl (C=O) groups excluding carboxylic acids is 1. The minimum absolute atomic E-state index is 0.119. The lowest BCUT2D eigenvalue weighted by molar-refractivity contribution is 0.104. The molecule has 1 aliphatic carbocycles. The topological polar surface area (TPSA) is 81.1 Å². The minimum Gasteiger partial charge on any atom is -0.288 e. The molecule has 1 N–H and O–H groups in total. The predicted octanol–water partition coefficient (Wildman–Crippen LogP) is 4.66. The van der Waals surface area contributed by atoms with Gasteiger partial charge in [0, 0.05) is 29.3 Å². The zero-order valence-corrected chi connectivity index (χ0v) is 19.7. The van der Waals surface area contributed by atoms with E-state index in [1.54, 1.807) is 36.7 Å². The van der Waals surface area contributed by atoms with Crippen molar-refractivity contribution in [2.24, 2.45) is 7.05 Å². The number of aryl methyl sites for hydroxylation is 4. The van der Waals surface area contributed by atoms with Crippen LogP contribution >= 0.6 is 0 Å². The molecule has 3 aromatic rings. The number of nitrogens with zero attached hydrogens (tertiary/aromatic N) is 2. The van der Waals surface area contributed by atoms with E-state index < -0.39 is 10.0 Å². The predicted molar refractivity (Wildman–Crippen MR) is 122 cm³/mol. The number of carbonyl (C=O) groups is 1. The fourth-order valence-electron chi connectivity index (χ4n) is 4.51. The number of aromatic nitrogens is 2. The third-order valence-electron chi connectivity index (χ3n) is 5.63. The third kappa shape index (κ3) is 3.37. The van der Waals surface area contributed by atoms with E-state index in [4.69, 9.17) is 0 Å². The van der Waals surface area contributed by atoms with Crippen molar-refractivity contribution < 1.29 is 13.2 Å². The molecule has 1 aromatic heterocycles. The van der Waals surface area contributed by atoms with Gasteiger partial charge >= 0.3 is 0 Å². The molecule has 0 bridgehead atoms. The van der Waals surface area contributed by atoms with E-state index in [9.17, 15) is 13.2 Å². The van der Waals surface area contributed by atoms with E-state index in [1.165, 1.54) is 0 Å². The van der Waals surface area contributed by atoms with Crippen LogP contribution in [0.1, 0.15) is 59.1 Å². The van der Waals surface area contributed by atoms with Gasteiger partial charge < -0.3 is 0 Å². The summed E-state index contributed by atoms with van der Waals surface area (Å²) < 4.78 is 30.7. The number of fused-ring (bicyclic) bond motifs is 3. The second-order valence-electron chi connectivity index (χ2n) is 9.37. The zero-order valence-electron chi connectivity index (χ0n) is 18.9. The molecule has 1 heterocycles. The van der Waals surface area contributed by atoms with Crippen molar-refractivity contribution in [1.29, 1.82) is 0 Å². The standard InChI is InChI=1S/C24H27N3O3S/c1-13-10-14(2)22(15(3)11-13)31(29,30)26-16-8-9-17-18(12-16)21(28)19-20(17)27(7)25-23(19)24(4,5)6/h8-12,26H,1-7H3. The molecule has 7 heteroatoms. The number of hydrogen-bond donors (Lipinski definition) is 1. The average Bonchev–Trinajstić information content (AvgIpc) is 3.10. The Morgan fingerprint density at radius 3 is 2.16 bits per heavy atom. The number of sulfonamides is 1. The van der Waals surface area contributed by atoms with Crippen LogP contribution in [0.25, 0.3) is 11.3 Å². The number of anilines is 1. The van der Waals surface area contributed by atoms with Gasteiger partial charge in [0.05, 0.1) is 21.8 Å². The number of ketones is 1. The molecule has 0 amide bonds. The summed E-state index contributed by atoms with van der Waals surface area (Å²) in [6.45, 7) is 11.6. The van der Waals surface area contributed by atoms with Crippen LogP contribution in [0.5, 0.6) is 0 Å². The Labute approximate surface area is 183 Å². The van der Waals surface area contributed by atoms with Gasteiger partial charge in [0.25, 0.3) is 10.0 Å². The Hall–Kier alpha value is -2.93. The highest BCUT2D eigenvalue weighted by Crippen LogP contribution is 2.42. The smallest absolute Gasteiger partial charge is 0.262 e. The molecule has 4 rings (SSSR count). The molecule has 0 radical (unpaired) electrons. The van der Waals surface area contributed by atoms with Gasteiger partial charge in [-0.15, -0.1) is 0 Å². The quantitative estimate of drug-likeness (QED) is 0.506. The first-order valence-corrected chi connectivity index (χ1v) is 11.7. The maximum Gasteiger partial charge on any atom is 0.262 e. The Morgan fingerprint density at radius 2 is 1.58 bits per heavy atom. The average molecular weight is 438 g/mol. The van der Waals surface area contributed by atoms with E-state index in [0.29, 0.717) is 27.9 Å². The summed E-state index contributed by atoms with van der Waals surface area (Å²) in [5.74, 6) is -0.119.